The summed E-state index contributed by atoms with van der Waals surface area (Å²) < 4.78 is 11.3. The van der Waals surface area contributed by atoms with Crippen molar-refractivity contribution in [3.05, 3.63) is 29.8 Å². The maximum atomic E-state index is 5.94. The summed E-state index contributed by atoms with van der Waals surface area (Å²) in [7, 11) is 4.18. The fourth-order valence-electron chi connectivity index (χ4n) is 2.23. The standard InChI is InChI=1S/C14H21NO2/c1-12-6-4-5-7-13(12)17-11-14(8-15(2)3)9-16-10-14/h4-7H,8-11H2,1-3H3. The Bertz CT molecular complexity index is 372. The predicted octanol–water partition coefficient (Wildman–Crippen LogP) is 1.95. The van der Waals surface area contributed by atoms with Crippen LogP contribution in [0.1, 0.15) is 5.56 Å². The van der Waals surface area contributed by atoms with Crippen LogP contribution >= 0.6 is 0 Å². The molecular weight excluding hydrogens is 214 g/mol. The molecule has 1 aromatic carbocycles. The van der Waals surface area contributed by atoms with Crippen LogP contribution in [0.15, 0.2) is 24.3 Å². The minimum atomic E-state index is 0.172. The number of hydrogen-bond donors (Lipinski definition) is 0. The third kappa shape index (κ3) is 2.99. The van der Waals surface area contributed by atoms with Crippen molar-refractivity contribution in [2.24, 2.45) is 5.41 Å². The third-order valence-electron chi connectivity index (χ3n) is 3.10. The van der Waals surface area contributed by atoms with E-state index in [1.165, 1.54) is 5.56 Å². The van der Waals surface area contributed by atoms with Crippen LogP contribution in [0.3, 0.4) is 0 Å². The van der Waals surface area contributed by atoms with Crippen molar-refractivity contribution in [2.75, 3.05) is 40.5 Å². The second-order valence-electron chi connectivity index (χ2n) is 5.28. The number of nitrogens with zero attached hydrogens (tertiary/aromatic N) is 1. The van der Waals surface area contributed by atoms with Crippen LogP contribution in [0, 0.1) is 12.3 Å². The highest BCUT2D eigenvalue weighted by Crippen LogP contribution is 2.30. The van der Waals surface area contributed by atoms with Crippen LogP contribution in [-0.4, -0.2) is 45.4 Å². The second-order valence-corrected chi connectivity index (χ2v) is 5.28. The molecule has 0 N–H and O–H groups in total. The Morgan fingerprint density at radius 2 is 2.00 bits per heavy atom. The van der Waals surface area contributed by atoms with E-state index in [0.717, 1.165) is 32.1 Å². The summed E-state index contributed by atoms with van der Waals surface area (Å²) in [5, 5.41) is 0. The van der Waals surface area contributed by atoms with E-state index in [4.69, 9.17) is 9.47 Å². The summed E-state index contributed by atoms with van der Waals surface area (Å²) in [6.07, 6.45) is 0. The van der Waals surface area contributed by atoms with E-state index in [1.807, 2.05) is 18.2 Å². The molecule has 0 unspecified atom stereocenters. The van der Waals surface area contributed by atoms with Gasteiger partial charge in [0.2, 0.25) is 0 Å². The minimum absolute atomic E-state index is 0.172. The molecule has 1 heterocycles. The summed E-state index contributed by atoms with van der Waals surface area (Å²) in [4.78, 5) is 2.20. The lowest BCUT2D eigenvalue weighted by atomic mass is 9.86. The van der Waals surface area contributed by atoms with Gasteiger partial charge >= 0.3 is 0 Å². The highest BCUT2D eigenvalue weighted by atomic mass is 16.5. The third-order valence-corrected chi connectivity index (χ3v) is 3.10. The lowest BCUT2D eigenvalue weighted by Crippen LogP contribution is -2.53. The molecule has 0 spiro atoms. The van der Waals surface area contributed by atoms with Crippen LogP contribution in [0.4, 0.5) is 0 Å². The molecule has 3 nitrogen and oxygen atoms in total. The van der Waals surface area contributed by atoms with E-state index in [0.29, 0.717) is 0 Å². The van der Waals surface area contributed by atoms with Crippen molar-refractivity contribution in [1.29, 1.82) is 0 Å². The number of ether oxygens (including phenoxy) is 2. The molecule has 1 fully saturated rings. The molecule has 94 valence electrons. The largest absolute Gasteiger partial charge is 0.493 e. The zero-order chi connectivity index (χ0) is 12.3. The van der Waals surface area contributed by atoms with Gasteiger partial charge in [0, 0.05) is 6.54 Å². The Labute approximate surface area is 103 Å². The first-order valence-corrected chi connectivity index (χ1v) is 6.02. The molecule has 17 heavy (non-hydrogen) atoms. The van der Waals surface area contributed by atoms with E-state index < -0.39 is 0 Å². The summed E-state index contributed by atoms with van der Waals surface area (Å²) >= 11 is 0. The first-order valence-electron chi connectivity index (χ1n) is 6.02. The zero-order valence-electron chi connectivity index (χ0n) is 10.9. The molecular formula is C14H21NO2. The Morgan fingerprint density at radius 3 is 2.53 bits per heavy atom. The van der Waals surface area contributed by atoms with E-state index in [-0.39, 0.29) is 5.41 Å². The van der Waals surface area contributed by atoms with Gasteiger partial charge < -0.3 is 14.4 Å². The van der Waals surface area contributed by atoms with Crippen molar-refractivity contribution >= 4 is 0 Å². The molecule has 0 saturated carbocycles. The number of aryl methyl sites for hydroxylation is 1. The van der Waals surface area contributed by atoms with Gasteiger partial charge in [0.15, 0.2) is 0 Å². The van der Waals surface area contributed by atoms with Crippen molar-refractivity contribution in [1.82, 2.24) is 4.90 Å². The van der Waals surface area contributed by atoms with Gasteiger partial charge in [-0.2, -0.15) is 0 Å². The average molecular weight is 235 g/mol. The van der Waals surface area contributed by atoms with Gasteiger partial charge in [0.05, 0.1) is 25.2 Å². The van der Waals surface area contributed by atoms with Gasteiger partial charge in [-0.1, -0.05) is 18.2 Å². The fraction of sp³-hybridized carbons (Fsp3) is 0.571. The molecule has 0 aliphatic carbocycles. The fourth-order valence-corrected chi connectivity index (χ4v) is 2.23. The molecule has 0 aromatic heterocycles. The average Bonchev–Trinajstić information content (AvgIpc) is 2.23. The monoisotopic (exact) mass is 235 g/mol. The maximum Gasteiger partial charge on any atom is 0.122 e. The van der Waals surface area contributed by atoms with E-state index in [1.54, 1.807) is 0 Å². The predicted molar refractivity (Wildman–Crippen MR) is 68.5 cm³/mol. The molecule has 0 amide bonds. The van der Waals surface area contributed by atoms with Crippen molar-refractivity contribution in [3.63, 3.8) is 0 Å². The molecule has 0 bridgehead atoms. The van der Waals surface area contributed by atoms with Crippen LogP contribution in [0.5, 0.6) is 5.75 Å². The van der Waals surface area contributed by atoms with Gasteiger partial charge in [-0.15, -0.1) is 0 Å². The van der Waals surface area contributed by atoms with E-state index in [9.17, 15) is 0 Å². The Hall–Kier alpha value is -1.06. The topological polar surface area (TPSA) is 21.7 Å². The minimum Gasteiger partial charge on any atom is -0.493 e. The summed E-state index contributed by atoms with van der Waals surface area (Å²) in [6, 6.07) is 8.14. The van der Waals surface area contributed by atoms with Gasteiger partial charge in [0.1, 0.15) is 5.75 Å². The molecule has 1 aliphatic heterocycles. The summed E-state index contributed by atoms with van der Waals surface area (Å²) in [5.41, 5.74) is 1.36. The lowest BCUT2D eigenvalue weighted by Gasteiger charge is -2.42. The molecule has 1 aliphatic rings. The Kier molecular flexibility index (Phi) is 3.69. The van der Waals surface area contributed by atoms with Crippen LogP contribution in [-0.2, 0) is 4.74 Å². The molecule has 1 aromatic rings. The van der Waals surface area contributed by atoms with E-state index in [2.05, 4.69) is 32.0 Å². The molecule has 2 rings (SSSR count). The molecule has 1 saturated heterocycles. The van der Waals surface area contributed by atoms with Gasteiger partial charge in [-0.05, 0) is 32.6 Å². The highest BCUT2D eigenvalue weighted by Gasteiger charge is 2.40. The quantitative estimate of drug-likeness (QED) is 0.778. The Balaban J connectivity index is 1.94. The zero-order valence-corrected chi connectivity index (χ0v) is 10.9. The Morgan fingerprint density at radius 1 is 1.29 bits per heavy atom. The van der Waals surface area contributed by atoms with Crippen molar-refractivity contribution < 1.29 is 9.47 Å². The van der Waals surface area contributed by atoms with Gasteiger partial charge in [0.25, 0.3) is 0 Å². The number of para-hydroxylation sites is 1. The van der Waals surface area contributed by atoms with Gasteiger partial charge in [-0.3, -0.25) is 0 Å². The smallest absolute Gasteiger partial charge is 0.122 e. The molecule has 3 heteroatoms. The van der Waals surface area contributed by atoms with Crippen molar-refractivity contribution in [2.45, 2.75) is 6.92 Å². The number of benzene rings is 1. The normalized spacial score (nSPS) is 17.9. The SMILES string of the molecule is Cc1ccccc1OCC1(CN(C)C)COC1. The van der Waals surface area contributed by atoms with E-state index >= 15 is 0 Å². The maximum absolute atomic E-state index is 5.94. The van der Waals surface area contributed by atoms with Gasteiger partial charge in [-0.25, -0.2) is 0 Å². The van der Waals surface area contributed by atoms with Crippen LogP contribution < -0.4 is 4.74 Å². The van der Waals surface area contributed by atoms with Crippen molar-refractivity contribution in [3.8, 4) is 5.75 Å². The first-order chi connectivity index (χ1) is 8.11. The lowest BCUT2D eigenvalue weighted by molar-refractivity contribution is -0.140. The van der Waals surface area contributed by atoms with Crippen LogP contribution in [0.25, 0.3) is 0 Å². The highest BCUT2D eigenvalue weighted by molar-refractivity contribution is 5.31. The number of hydrogen-bond acceptors (Lipinski definition) is 3. The summed E-state index contributed by atoms with van der Waals surface area (Å²) in [5.74, 6) is 0.984. The summed E-state index contributed by atoms with van der Waals surface area (Å²) in [6.45, 7) is 5.42. The molecule has 0 radical (unpaired) electrons. The number of rotatable bonds is 5. The van der Waals surface area contributed by atoms with Crippen LogP contribution in [0.2, 0.25) is 0 Å². The second kappa shape index (κ2) is 5.07. The first kappa shape index (κ1) is 12.4. The molecule has 0 atom stereocenters.